The molecule has 4 nitrogen and oxygen atoms in total. The molecule has 2 rings (SSSR count). The molecule has 2 unspecified atom stereocenters. The summed E-state index contributed by atoms with van der Waals surface area (Å²) in [6.07, 6.45) is 1.01. The molecular weight excluding hydrogens is 361 g/mol. The van der Waals surface area contributed by atoms with E-state index in [1.165, 1.54) is 6.07 Å². The number of halogens is 3. The second-order valence-electron chi connectivity index (χ2n) is 5.32. The maximum absolute atomic E-state index is 13.6. The Hall–Kier alpha value is -0.690. The highest BCUT2D eigenvalue weighted by Crippen LogP contribution is 2.20. The smallest absolute Gasteiger partial charge is 0.238 e. The van der Waals surface area contributed by atoms with Crippen LogP contribution in [0.3, 0.4) is 0 Å². The molecule has 0 bridgehead atoms. The minimum absolute atomic E-state index is 0. The molecule has 0 aliphatic carbocycles. The lowest BCUT2D eigenvalue weighted by molar-refractivity contribution is -0.117. The third kappa shape index (κ3) is 5.21. The summed E-state index contributed by atoms with van der Waals surface area (Å²) in [5.74, 6) is -0.202. The monoisotopic (exact) mass is 379 g/mol. The molecule has 1 fully saturated rings. The largest absolute Gasteiger partial charge is 0.328 e. The number of amides is 1. The molecule has 0 aromatic heterocycles. The Morgan fingerprint density at radius 3 is 2.90 bits per heavy atom. The lowest BCUT2D eigenvalue weighted by Crippen LogP contribution is -2.34. The summed E-state index contributed by atoms with van der Waals surface area (Å²) < 4.78 is 14.3. The van der Waals surface area contributed by atoms with Gasteiger partial charge in [0.15, 0.2) is 0 Å². The standard InChI is InChI=1S/C14H19BrFN3O.ClH/c1-9(17)10-4-5-19(7-10)8-14(20)18-13-3-2-11(15)6-12(13)16;/h2-3,6,9-10H,4-5,7-8,17H2,1H3,(H,18,20);1H. The Kier molecular flexibility index (Phi) is 7.06. The van der Waals surface area contributed by atoms with E-state index in [4.69, 9.17) is 5.73 Å². The van der Waals surface area contributed by atoms with E-state index < -0.39 is 5.82 Å². The van der Waals surface area contributed by atoms with Crippen LogP contribution in [-0.2, 0) is 4.79 Å². The predicted octanol–water partition coefficient (Wildman–Crippen LogP) is 2.62. The fraction of sp³-hybridized carbons (Fsp3) is 0.500. The van der Waals surface area contributed by atoms with Crippen molar-refractivity contribution in [3.63, 3.8) is 0 Å². The van der Waals surface area contributed by atoms with Crippen molar-refractivity contribution in [3.8, 4) is 0 Å². The summed E-state index contributed by atoms with van der Waals surface area (Å²) in [7, 11) is 0. The molecule has 3 N–H and O–H groups in total. The van der Waals surface area contributed by atoms with Crippen molar-refractivity contribution in [3.05, 3.63) is 28.5 Å². The number of carbonyl (C=O) groups is 1. The van der Waals surface area contributed by atoms with Gasteiger partial charge in [0.05, 0.1) is 12.2 Å². The van der Waals surface area contributed by atoms with Gasteiger partial charge in [0.1, 0.15) is 5.82 Å². The highest BCUT2D eigenvalue weighted by atomic mass is 79.9. The van der Waals surface area contributed by atoms with Gasteiger partial charge in [-0.15, -0.1) is 12.4 Å². The van der Waals surface area contributed by atoms with Crippen LogP contribution in [0.1, 0.15) is 13.3 Å². The molecule has 0 spiro atoms. The van der Waals surface area contributed by atoms with Crippen LogP contribution in [0.5, 0.6) is 0 Å². The summed E-state index contributed by atoms with van der Waals surface area (Å²) in [6.45, 7) is 3.96. The average Bonchev–Trinajstić information content (AvgIpc) is 2.81. The van der Waals surface area contributed by atoms with Crippen LogP contribution < -0.4 is 11.1 Å². The first-order valence-corrected chi connectivity index (χ1v) is 7.48. The van der Waals surface area contributed by atoms with Crippen molar-refractivity contribution in [1.82, 2.24) is 4.90 Å². The van der Waals surface area contributed by atoms with E-state index in [1.54, 1.807) is 12.1 Å². The number of anilines is 1. The first-order valence-electron chi connectivity index (χ1n) is 6.68. The summed E-state index contributed by atoms with van der Waals surface area (Å²) in [5, 5.41) is 2.60. The maximum Gasteiger partial charge on any atom is 0.238 e. The number of nitrogens with two attached hydrogens (primary N) is 1. The SMILES string of the molecule is CC(N)C1CCN(CC(=O)Nc2ccc(Br)cc2F)C1.Cl. The number of hydrogen-bond donors (Lipinski definition) is 2. The van der Waals surface area contributed by atoms with Gasteiger partial charge in [-0.25, -0.2) is 4.39 Å². The van der Waals surface area contributed by atoms with E-state index in [2.05, 4.69) is 26.1 Å². The van der Waals surface area contributed by atoms with Crippen LogP contribution in [0.15, 0.2) is 22.7 Å². The van der Waals surface area contributed by atoms with E-state index in [9.17, 15) is 9.18 Å². The normalized spacial score (nSPS) is 19.9. The maximum atomic E-state index is 13.6. The van der Waals surface area contributed by atoms with Crippen LogP contribution in [0, 0.1) is 11.7 Å². The zero-order chi connectivity index (χ0) is 14.7. The van der Waals surface area contributed by atoms with E-state index >= 15 is 0 Å². The van der Waals surface area contributed by atoms with E-state index in [-0.39, 0.29) is 36.6 Å². The Bertz CT molecular complexity index is 501. The zero-order valence-corrected chi connectivity index (χ0v) is 14.2. The molecule has 1 saturated heterocycles. The number of carbonyl (C=O) groups excluding carboxylic acids is 1. The van der Waals surface area contributed by atoms with Gasteiger partial charge in [-0.05, 0) is 44.0 Å². The van der Waals surface area contributed by atoms with Crippen molar-refractivity contribution < 1.29 is 9.18 Å². The van der Waals surface area contributed by atoms with Gasteiger partial charge in [0.25, 0.3) is 0 Å². The lowest BCUT2D eigenvalue weighted by Gasteiger charge is -2.17. The van der Waals surface area contributed by atoms with Gasteiger partial charge in [0.2, 0.25) is 5.91 Å². The lowest BCUT2D eigenvalue weighted by atomic mass is 10.0. The topological polar surface area (TPSA) is 58.4 Å². The van der Waals surface area contributed by atoms with Gasteiger partial charge in [-0.1, -0.05) is 15.9 Å². The zero-order valence-electron chi connectivity index (χ0n) is 11.8. The van der Waals surface area contributed by atoms with E-state index in [0.717, 1.165) is 19.5 Å². The quantitative estimate of drug-likeness (QED) is 0.844. The van der Waals surface area contributed by atoms with Crippen molar-refractivity contribution in [2.45, 2.75) is 19.4 Å². The van der Waals surface area contributed by atoms with Crippen LogP contribution in [0.2, 0.25) is 0 Å². The Labute approximate surface area is 138 Å². The highest BCUT2D eigenvalue weighted by Gasteiger charge is 2.26. The Morgan fingerprint density at radius 2 is 2.33 bits per heavy atom. The second-order valence-corrected chi connectivity index (χ2v) is 6.23. The molecular formula is C14H20BrClFN3O. The number of nitrogens with zero attached hydrogens (tertiary/aromatic N) is 1. The van der Waals surface area contributed by atoms with Gasteiger partial charge in [-0.2, -0.15) is 0 Å². The molecule has 2 atom stereocenters. The molecule has 0 saturated carbocycles. The summed E-state index contributed by atoms with van der Waals surface area (Å²) in [5.41, 5.74) is 6.08. The van der Waals surface area contributed by atoms with Crippen molar-refractivity contribution in [1.29, 1.82) is 0 Å². The highest BCUT2D eigenvalue weighted by molar-refractivity contribution is 9.10. The van der Waals surface area contributed by atoms with Crippen LogP contribution >= 0.6 is 28.3 Å². The first-order chi connectivity index (χ1) is 9.45. The first kappa shape index (κ1) is 18.4. The number of benzene rings is 1. The summed E-state index contributed by atoms with van der Waals surface area (Å²) in [4.78, 5) is 14.0. The van der Waals surface area contributed by atoms with E-state index in [0.29, 0.717) is 10.4 Å². The van der Waals surface area contributed by atoms with E-state index in [1.807, 2.05) is 6.92 Å². The molecule has 1 heterocycles. The molecule has 1 aliphatic heterocycles. The van der Waals surface area contributed by atoms with Gasteiger partial charge < -0.3 is 11.1 Å². The number of hydrogen-bond acceptors (Lipinski definition) is 3. The number of likely N-dealkylation sites (tertiary alicyclic amines) is 1. The molecule has 7 heteroatoms. The third-order valence-electron chi connectivity index (χ3n) is 3.62. The third-order valence-corrected chi connectivity index (χ3v) is 4.12. The Balaban J connectivity index is 0.00000220. The predicted molar refractivity (Wildman–Crippen MR) is 88.2 cm³/mol. The second kappa shape index (κ2) is 8.08. The van der Waals surface area contributed by atoms with Crippen LogP contribution in [-0.4, -0.2) is 36.5 Å². The van der Waals surface area contributed by atoms with Gasteiger partial charge >= 0.3 is 0 Å². The molecule has 1 aromatic carbocycles. The minimum Gasteiger partial charge on any atom is -0.328 e. The summed E-state index contributed by atoms with van der Waals surface area (Å²) in [6, 6.07) is 4.72. The van der Waals surface area contributed by atoms with Gasteiger partial charge in [0, 0.05) is 17.1 Å². The number of rotatable bonds is 4. The average molecular weight is 381 g/mol. The summed E-state index contributed by atoms with van der Waals surface area (Å²) >= 11 is 3.18. The minimum atomic E-state index is -0.442. The van der Waals surface area contributed by atoms with Crippen LogP contribution in [0.25, 0.3) is 0 Å². The van der Waals surface area contributed by atoms with Crippen molar-refractivity contribution in [2.75, 3.05) is 25.0 Å². The van der Waals surface area contributed by atoms with Gasteiger partial charge in [-0.3, -0.25) is 9.69 Å². The van der Waals surface area contributed by atoms with Crippen LogP contribution in [0.4, 0.5) is 10.1 Å². The molecule has 1 amide bonds. The molecule has 0 radical (unpaired) electrons. The molecule has 1 aliphatic rings. The molecule has 21 heavy (non-hydrogen) atoms. The Morgan fingerprint density at radius 1 is 1.62 bits per heavy atom. The van der Waals surface area contributed by atoms with Crippen molar-refractivity contribution in [2.24, 2.45) is 11.7 Å². The molecule has 1 aromatic rings. The fourth-order valence-electron chi connectivity index (χ4n) is 2.42. The fourth-order valence-corrected chi connectivity index (χ4v) is 2.75. The van der Waals surface area contributed by atoms with Crippen molar-refractivity contribution >= 4 is 39.9 Å². The number of nitrogens with one attached hydrogen (secondary N) is 1. The molecule has 118 valence electrons.